The van der Waals surface area contributed by atoms with Crippen LogP contribution >= 0.6 is 0 Å². The summed E-state index contributed by atoms with van der Waals surface area (Å²) in [6, 6.07) is 19.1. The number of rotatable bonds is 12. The van der Waals surface area contributed by atoms with Crippen LogP contribution in [0.1, 0.15) is 27.9 Å². The van der Waals surface area contributed by atoms with Crippen LogP contribution in [0.2, 0.25) is 0 Å². The highest BCUT2D eigenvalue weighted by atomic mass is 19.1. The lowest BCUT2D eigenvalue weighted by Gasteiger charge is -2.23. The number of carbonyl (C=O) groups is 1. The van der Waals surface area contributed by atoms with Crippen molar-refractivity contribution in [1.82, 2.24) is 9.88 Å². The number of carboxylic acids is 1. The van der Waals surface area contributed by atoms with Crippen LogP contribution in [0.3, 0.4) is 0 Å². The quantitative estimate of drug-likeness (QED) is 0.198. The first-order valence-electron chi connectivity index (χ1n) is 13.4. The van der Waals surface area contributed by atoms with Crippen LogP contribution in [-0.2, 0) is 6.54 Å². The third-order valence-electron chi connectivity index (χ3n) is 6.59. The molecule has 0 bridgehead atoms. The van der Waals surface area contributed by atoms with Crippen LogP contribution < -0.4 is 20.1 Å². The highest BCUT2D eigenvalue weighted by molar-refractivity contribution is 5.91. The van der Waals surface area contributed by atoms with Gasteiger partial charge in [-0.25, -0.2) is 4.79 Å². The van der Waals surface area contributed by atoms with Gasteiger partial charge in [0.1, 0.15) is 22.7 Å². The van der Waals surface area contributed by atoms with Crippen molar-refractivity contribution in [3.8, 4) is 34.4 Å². The van der Waals surface area contributed by atoms with E-state index in [4.69, 9.17) is 15.2 Å². The van der Waals surface area contributed by atoms with Gasteiger partial charge in [-0.2, -0.15) is 13.8 Å². The fourth-order valence-electron chi connectivity index (χ4n) is 4.42. The van der Waals surface area contributed by atoms with Crippen molar-refractivity contribution >= 4 is 11.7 Å². The Morgan fingerprint density at radius 1 is 0.905 bits per heavy atom. The van der Waals surface area contributed by atoms with Crippen LogP contribution in [-0.4, -0.2) is 55.2 Å². The number of pyridine rings is 1. The van der Waals surface area contributed by atoms with E-state index >= 15 is 8.78 Å². The molecule has 0 aliphatic carbocycles. The first kappa shape index (κ1) is 30.4. The summed E-state index contributed by atoms with van der Waals surface area (Å²) in [4.78, 5) is 19.2. The molecular formula is C32H34F2N4O4. The Morgan fingerprint density at radius 3 is 2.24 bits per heavy atom. The first-order chi connectivity index (χ1) is 20.1. The summed E-state index contributed by atoms with van der Waals surface area (Å²) in [7, 11) is 5.38. The molecule has 4 rings (SSSR count). The number of hydrogen-bond acceptors (Lipinski definition) is 7. The molecule has 0 aliphatic rings. The number of benzene rings is 3. The van der Waals surface area contributed by atoms with Gasteiger partial charge in [0, 0.05) is 20.1 Å². The largest absolute Gasteiger partial charge is 0.478 e. The maximum absolute atomic E-state index is 15.9. The number of aromatic nitrogens is 1. The van der Waals surface area contributed by atoms with E-state index < -0.39 is 35.1 Å². The predicted octanol–water partition coefficient (Wildman–Crippen LogP) is 6.46. The van der Waals surface area contributed by atoms with Gasteiger partial charge >= 0.3 is 5.97 Å². The van der Waals surface area contributed by atoms with Crippen molar-refractivity contribution in [2.24, 2.45) is 5.73 Å². The molecule has 1 heterocycles. The number of nitrogens with two attached hydrogens (primary N) is 1. The summed E-state index contributed by atoms with van der Waals surface area (Å²) in [5.41, 5.74) is 8.52. The van der Waals surface area contributed by atoms with Crippen LogP contribution in [0, 0.1) is 18.6 Å². The normalized spacial score (nSPS) is 11.0. The van der Waals surface area contributed by atoms with E-state index in [1.54, 1.807) is 38.2 Å². The number of aryl methyl sites for hydroxylation is 1. The highest BCUT2D eigenvalue weighted by Gasteiger charge is 2.27. The molecule has 0 unspecified atom stereocenters. The Kier molecular flexibility index (Phi) is 9.72. The van der Waals surface area contributed by atoms with Gasteiger partial charge < -0.3 is 30.1 Å². The van der Waals surface area contributed by atoms with Gasteiger partial charge in [-0.3, -0.25) is 0 Å². The van der Waals surface area contributed by atoms with Gasteiger partial charge in [0.2, 0.25) is 11.6 Å². The second kappa shape index (κ2) is 13.4. The molecule has 8 nitrogen and oxygen atoms in total. The molecule has 3 aromatic carbocycles. The smallest absolute Gasteiger partial charge is 0.339 e. The van der Waals surface area contributed by atoms with Gasteiger partial charge in [0.15, 0.2) is 0 Å². The third-order valence-corrected chi connectivity index (χ3v) is 6.59. The van der Waals surface area contributed by atoms with Crippen LogP contribution in [0.5, 0.6) is 23.3 Å². The fraction of sp³-hybridized carbons (Fsp3) is 0.250. The molecule has 0 saturated heterocycles. The van der Waals surface area contributed by atoms with E-state index in [1.807, 2.05) is 49.3 Å². The van der Waals surface area contributed by atoms with Crippen LogP contribution in [0.15, 0.2) is 66.7 Å². The molecule has 220 valence electrons. The highest BCUT2D eigenvalue weighted by Crippen LogP contribution is 2.39. The predicted molar refractivity (Wildman–Crippen MR) is 159 cm³/mol. The first-order valence-corrected chi connectivity index (χ1v) is 13.4. The maximum atomic E-state index is 15.9. The molecule has 0 atom stereocenters. The standard InChI is InChI=1S/C32H34F2N4O4/c1-20-12-13-25(32(39)40)26(16-20)42-31-28(34)29(38(4)15-7-14-37(2)3)27(33)30(36-31)41-24-11-6-10-23(18-24)22-9-5-8-21(17-22)19-35/h5-6,8-13,16-18H,7,14-15,19,35H2,1-4H3,(H,39,40). The van der Waals surface area contributed by atoms with E-state index in [1.165, 1.54) is 17.0 Å². The summed E-state index contributed by atoms with van der Waals surface area (Å²) in [6.45, 7) is 3.15. The SMILES string of the molecule is Cc1ccc(C(=O)O)c(Oc2nc(Oc3cccc(-c4cccc(CN)c4)c3)c(F)c(N(C)CCCN(C)C)c2F)c1. The second-order valence-electron chi connectivity index (χ2n) is 10.2. The average molecular weight is 577 g/mol. The number of carboxylic acid groups (broad SMARTS) is 1. The molecule has 0 aliphatic heterocycles. The number of anilines is 1. The Hall–Kier alpha value is -4.54. The van der Waals surface area contributed by atoms with Gasteiger partial charge in [0.25, 0.3) is 11.8 Å². The van der Waals surface area contributed by atoms with E-state index in [2.05, 4.69) is 4.98 Å². The summed E-state index contributed by atoms with van der Waals surface area (Å²) >= 11 is 0. The Morgan fingerprint density at radius 2 is 1.57 bits per heavy atom. The lowest BCUT2D eigenvalue weighted by atomic mass is 10.0. The van der Waals surface area contributed by atoms with Crippen LogP contribution in [0.25, 0.3) is 11.1 Å². The molecule has 3 N–H and O–H groups in total. The average Bonchev–Trinajstić information content (AvgIpc) is 2.95. The monoisotopic (exact) mass is 576 g/mol. The molecule has 0 fully saturated rings. The Bertz CT molecular complexity index is 1580. The van der Waals surface area contributed by atoms with E-state index in [-0.39, 0.29) is 17.1 Å². The number of hydrogen-bond donors (Lipinski definition) is 2. The number of halogens is 2. The third kappa shape index (κ3) is 7.20. The fourth-order valence-corrected chi connectivity index (χ4v) is 4.42. The van der Waals surface area contributed by atoms with Crippen molar-refractivity contribution < 1.29 is 28.2 Å². The molecule has 10 heteroatoms. The topological polar surface area (TPSA) is 101 Å². The minimum atomic E-state index is -1.26. The molecule has 0 amide bonds. The summed E-state index contributed by atoms with van der Waals surface area (Å²) in [5, 5.41) is 9.64. The van der Waals surface area contributed by atoms with Gasteiger partial charge in [-0.1, -0.05) is 36.4 Å². The Labute approximate surface area is 243 Å². The van der Waals surface area contributed by atoms with E-state index in [9.17, 15) is 9.90 Å². The molecule has 42 heavy (non-hydrogen) atoms. The number of ether oxygens (including phenoxy) is 2. The molecule has 0 radical (unpaired) electrons. The van der Waals surface area contributed by atoms with Crippen LogP contribution in [0.4, 0.5) is 14.5 Å². The second-order valence-corrected chi connectivity index (χ2v) is 10.2. The number of aromatic carboxylic acids is 1. The zero-order valence-electron chi connectivity index (χ0n) is 24.0. The molecule has 0 spiro atoms. The lowest BCUT2D eigenvalue weighted by molar-refractivity contribution is 0.0694. The minimum absolute atomic E-state index is 0.130. The maximum Gasteiger partial charge on any atom is 0.339 e. The van der Waals surface area contributed by atoms with Crippen molar-refractivity contribution in [3.05, 3.63) is 95.1 Å². The van der Waals surface area contributed by atoms with Gasteiger partial charge in [-0.05, 0) is 86.6 Å². The van der Waals surface area contributed by atoms with Gasteiger partial charge in [-0.15, -0.1) is 0 Å². The summed E-state index contributed by atoms with van der Waals surface area (Å²) in [6.07, 6.45) is 0.627. The molecule has 4 aromatic rings. The van der Waals surface area contributed by atoms with Crippen molar-refractivity contribution in [2.45, 2.75) is 19.9 Å². The lowest BCUT2D eigenvalue weighted by Crippen LogP contribution is -2.25. The summed E-state index contributed by atoms with van der Waals surface area (Å²) < 4.78 is 43.4. The van der Waals surface area contributed by atoms with Crippen molar-refractivity contribution in [2.75, 3.05) is 39.1 Å². The molecule has 0 saturated carbocycles. The van der Waals surface area contributed by atoms with E-state index in [0.29, 0.717) is 31.6 Å². The van der Waals surface area contributed by atoms with Gasteiger partial charge in [0.05, 0.1) is 0 Å². The molecular weight excluding hydrogens is 542 g/mol. The summed E-state index contributed by atoms with van der Waals surface area (Å²) in [5.74, 6) is -4.34. The van der Waals surface area contributed by atoms with E-state index in [0.717, 1.165) is 16.7 Å². The molecule has 1 aromatic heterocycles. The zero-order chi connectivity index (χ0) is 30.4. The van der Waals surface area contributed by atoms with Crippen molar-refractivity contribution in [3.63, 3.8) is 0 Å². The van der Waals surface area contributed by atoms with Crippen molar-refractivity contribution in [1.29, 1.82) is 0 Å². The zero-order valence-corrected chi connectivity index (χ0v) is 24.0. The number of nitrogens with zero attached hydrogens (tertiary/aromatic N) is 3. The Balaban J connectivity index is 1.77. The minimum Gasteiger partial charge on any atom is -0.478 e.